The number of hydrogen-bond donors (Lipinski definition) is 0. The van der Waals surface area contributed by atoms with Crippen LogP contribution in [0.5, 0.6) is 0 Å². The van der Waals surface area contributed by atoms with Gasteiger partial charge < -0.3 is 9.53 Å². The molecule has 0 spiro atoms. The van der Waals surface area contributed by atoms with Crippen molar-refractivity contribution in [3.05, 3.63) is 0 Å². The molecule has 0 aliphatic carbocycles. The molecule has 3 heteroatoms. The number of esters is 1. The van der Waals surface area contributed by atoms with Crippen molar-refractivity contribution < 1.29 is 14.3 Å². The third-order valence-corrected chi connectivity index (χ3v) is 3.69. The average molecular weight is 284 g/mol. The molecular weight excluding hydrogens is 252 g/mol. The molecule has 0 aromatic carbocycles. The van der Waals surface area contributed by atoms with E-state index in [1.54, 1.807) is 0 Å². The van der Waals surface area contributed by atoms with Crippen LogP contribution in [-0.2, 0) is 14.3 Å². The van der Waals surface area contributed by atoms with E-state index in [1.165, 1.54) is 12.8 Å². The third-order valence-electron chi connectivity index (χ3n) is 3.69. The molecule has 20 heavy (non-hydrogen) atoms. The standard InChI is InChI=1S/C17H32O3/c1-3-5-13-16(4-2)17(19)20-15-12-10-8-6-7-9-11-14-18/h14,16H,3-13,15H2,1-2H3. The minimum absolute atomic E-state index is 0.00747. The van der Waals surface area contributed by atoms with Crippen LogP contribution in [0.15, 0.2) is 0 Å². The Bertz CT molecular complexity index is 238. The van der Waals surface area contributed by atoms with E-state index in [4.69, 9.17) is 4.74 Å². The first-order valence-corrected chi connectivity index (χ1v) is 8.36. The molecule has 1 unspecified atom stereocenters. The predicted octanol–water partition coefficient (Wildman–Crippen LogP) is 4.68. The summed E-state index contributed by atoms with van der Waals surface area (Å²) in [4.78, 5) is 22.0. The molecule has 0 radical (unpaired) electrons. The van der Waals surface area contributed by atoms with Gasteiger partial charge in [-0.1, -0.05) is 52.4 Å². The highest BCUT2D eigenvalue weighted by atomic mass is 16.5. The Kier molecular flexibility index (Phi) is 13.9. The average Bonchev–Trinajstić information content (AvgIpc) is 2.46. The van der Waals surface area contributed by atoms with Gasteiger partial charge in [-0.05, 0) is 25.7 Å². The van der Waals surface area contributed by atoms with Crippen LogP contribution in [0.2, 0.25) is 0 Å². The molecular formula is C17H32O3. The zero-order chi connectivity index (χ0) is 15.1. The monoisotopic (exact) mass is 284 g/mol. The van der Waals surface area contributed by atoms with Gasteiger partial charge in [0.1, 0.15) is 6.29 Å². The molecule has 0 rings (SSSR count). The lowest BCUT2D eigenvalue weighted by Gasteiger charge is -2.13. The van der Waals surface area contributed by atoms with Gasteiger partial charge in [0.2, 0.25) is 0 Å². The van der Waals surface area contributed by atoms with Crippen molar-refractivity contribution >= 4 is 12.3 Å². The Labute approximate surface area is 124 Å². The van der Waals surface area contributed by atoms with Crippen LogP contribution >= 0.6 is 0 Å². The molecule has 0 aliphatic rings. The van der Waals surface area contributed by atoms with E-state index in [2.05, 4.69) is 13.8 Å². The molecule has 0 N–H and O–H groups in total. The third kappa shape index (κ3) is 11.0. The summed E-state index contributed by atoms with van der Waals surface area (Å²) in [5.41, 5.74) is 0. The fourth-order valence-corrected chi connectivity index (χ4v) is 2.27. The molecule has 0 saturated carbocycles. The van der Waals surface area contributed by atoms with Crippen LogP contribution in [0.25, 0.3) is 0 Å². The van der Waals surface area contributed by atoms with E-state index < -0.39 is 0 Å². The molecule has 1 atom stereocenters. The number of rotatable bonds is 14. The molecule has 0 aliphatic heterocycles. The Morgan fingerprint density at radius 2 is 1.65 bits per heavy atom. The quantitative estimate of drug-likeness (QED) is 0.264. The van der Waals surface area contributed by atoms with E-state index in [0.29, 0.717) is 13.0 Å². The Balaban J connectivity index is 3.43. The molecule has 3 nitrogen and oxygen atoms in total. The predicted molar refractivity (Wildman–Crippen MR) is 82.6 cm³/mol. The maximum Gasteiger partial charge on any atom is 0.308 e. The SMILES string of the molecule is CCCCC(CC)C(=O)OCCCCCCCCC=O. The van der Waals surface area contributed by atoms with Crippen molar-refractivity contribution in [3.8, 4) is 0 Å². The minimum Gasteiger partial charge on any atom is -0.465 e. The van der Waals surface area contributed by atoms with Crippen LogP contribution in [0, 0.1) is 5.92 Å². The molecule has 0 aromatic rings. The number of carbonyl (C=O) groups is 2. The van der Waals surface area contributed by atoms with E-state index in [0.717, 1.165) is 57.7 Å². The largest absolute Gasteiger partial charge is 0.465 e. The van der Waals surface area contributed by atoms with Crippen molar-refractivity contribution in [2.45, 2.75) is 84.5 Å². The number of unbranched alkanes of at least 4 members (excludes halogenated alkanes) is 7. The maximum absolute atomic E-state index is 11.8. The zero-order valence-electron chi connectivity index (χ0n) is 13.4. The van der Waals surface area contributed by atoms with Gasteiger partial charge in [0.05, 0.1) is 12.5 Å². The Morgan fingerprint density at radius 3 is 2.25 bits per heavy atom. The van der Waals surface area contributed by atoms with Gasteiger partial charge in [0.15, 0.2) is 0 Å². The van der Waals surface area contributed by atoms with Crippen LogP contribution in [0.1, 0.15) is 84.5 Å². The summed E-state index contributed by atoms with van der Waals surface area (Å²) in [5.74, 6) is 0.0882. The fourth-order valence-electron chi connectivity index (χ4n) is 2.27. The molecule has 0 aromatic heterocycles. The summed E-state index contributed by atoms with van der Waals surface area (Å²) in [5, 5.41) is 0. The first-order valence-electron chi connectivity index (χ1n) is 8.36. The summed E-state index contributed by atoms with van der Waals surface area (Å²) in [6, 6.07) is 0. The van der Waals surface area contributed by atoms with E-state index in [9.17, 15) is 9.59 Å². The van der Waals surface area contributed by atoms with Gasteiger partial charge in [-0.3, -0.25) is 4.79 Å². The van der Waals surface area contributed by atoms with Crippen molar-refractivity contribution in [1.82, 2.24) is 0 Å². The molecule has 0 amide bonds. The van der Waals surface area contributed by atoms with Crippen LogP contribution in [-0.4, -0.2) is 18.9 Å². The summed E-state index contributed by atoms with van der Waals surface area (Å²) < 4.78 is 5.35. The summed E-state index contributed by atoms with van der Waals surface area (Å²) in [6.07, 6.45) is 12.3. The normalized spacial score (nSPS) is 12.1. The van der Waals surface area contributed by atoms with E-state index >= 15 is 0 Å². The molecule has 0 fully saturated rings. The number of ether oxygens (including phenoxy) is 1. The molecule has 118 valence electrons. The number of aldehydes is 1. The van der Waals surface area contributed by atoms with Crippen molar-refractivity contribution in [2.24, 2.45) is 5.92 Å². The van der Waals surface area contributed by atoms with E-state index in [-0.39, 0.29) is 11.9 Å². The van der Waals surface area contributed by atoms with Crippen LogP contribution < -0.4 is 0 Å². The first kappa shape index (κ1) is 19.1. The molecule has 0 saturated heterocycles. The first-order chi connectivity index (χ1) is 9.76. The second kappa shape index (κ2) is 14.5. The Morgan fingerprint density at radius 1 is 1.00 bits per heavy atom. The topological polar surface area (TPSA) is 43.4 Å². The summed E-state index contributed by atoms with van der Waals surface area (Å²) in [7, 11) is 0. The smallest absolute Gasteiger partial charge is 0.308 e. The summed E-state index contributed by atoms with van der Waals surface area (Å²) in [6.45, 7) is 4.77. The van der Waals surface area contributed by atoms with Gasteiger partial charge in [0.25, 0.3) is 0 Å². The highest BCUT2D eigenvalue weighted by Gasteiger charge is 2.16. The lowest BCUT2D eigenvalue weighted by Crippen LogP contribution is -2.17. The number of hydrogen-bond acceptors (Lipinski definition) is 3. The maximum atomic E-state index is 11.8. The van der Waals surface area contributed by atoms with Gasteiger partial charge >= 0.3 is 5.97 Å². The fraction of sp³-hybridized carbons (Fsp3) is 0.882. The van der Waals surface area contributed by atoms with Crippen molar-refractivity contribution in [1.29, 1.82) is 0 Å². The highest BCUT2D eigenvalue weighted by Crippen LogP contribution is 2.15. The van der Waals surface area contributed by atoms with Crippen LogP contribution in [0.4, 0.5) is 0 Å². The van der Waals surface area contributed by atoms with Gasteiger partial charge in [-0.25, -0.2) is 0 Å². The summed E-state index contributed by atoms with van der Waals surface area (Å²) >= 11 is 0. The minimum atomic E-state index is -0.00747. The molecule has 0 bridgehead atoms. The second-order valence-electron chi connectivity index (χ2n) is 5.49. The number of carbonyl (C=O) groups excluding carboxylic acids is 2. The Hall–Kier alpha value is -0.860. The van der Waals surface area contributed by atoms with Crippen molar-refractivity contribution in [3.63, 3.8) is 0 Å². The van der Waals surface area contributed by atoms with Crippen molar-refractivity contribution in [2.75, 3.05) is 6.61 Å². The second-order valence-corrected chi connectivity index (χ2v) is 5.49. The van der Waals surface area contributed by atoms with E-state index in [1.807, 2.05) is 0 Å². The zero-order valence-corrected chi connectivity index (χ0v) is 13.4. The lowest BCUT2D eigenvalue weighted by molar-refractivity contribution is -0.149. The van der Waals surface area contributed by atoms with Gasteiger partial charge in [-0.15, -0.1) is 0 Å². The molecule has 0 heterocycles. The van der Waals surface area contributed by atoms with Crippen LogP contribution in [0.3, 0.4) is 0 Å². The highest BCUT2D eigenvalue weighted by molar-refractivity contribution is 5.72. The van der Waals surface area contributed by atoms with Gasteiger partial charge in [0, 0.05) is 6.42 Å². The van der Waals surface area contributed by atoms with Gasteiger partial charge in [-0.2, -0.15) is 0 Å². The lowest BCUT2D eigenvalue weighted by atomic mass is 10.00.